The van der Waals surface area contributed by atoms with Gasteiger partial charge in [-0.2, -0.15) is 0 Å². The summed E-state index contributed by atoms with van der Waals surface area (Å²) < 4.78 is 6.92. The molecule has 2 rings (SSSR count). The third-order valence-corrected chi connectivity index (χ3v) is 3.24. The van der Waals surface area contributed by atoms with Gasteiger partial charge in [0.15, 0.2) is 0 Å². The van der Waals surface area contributed by atoms with Crippen molar-refractivity contribution in [1.29, 1.82) is 0 Å². The number of nitrogens with zero attached hydrogens (tertiary/aromatic N) is 4. The maximum absolute atomic E-state index is 11.8. The Hall–Kier alpha value is -2.49. The van der Waals surface area contributed by atoms with Gasteiger partial charge in [0, 0.05) is 17.5 Å². The monoisotopic (exact) mass is 275 g/mol. The van der Waals surface area contributed by atoms with Gasteiger partial charge in [0.2, 0.25) is 0 Å². The van der Waals surface area contributed by atoms with Crippen molar-refractivity contribution >= 4 is 0 Å². The van der Waals surface area contributed by atoms with Crippen molar-refractivity contribution in [2.24, 2.45) is 5.11 Å². The van der Waals surface area contributed by atoms with Crippen molar-refractivity contribution in [2.75, 3.05) is 0 Å². The molecular weight excluding hydrogens is 262 g/mol. The van der Waals surface area contributed by atoms with Gasteiger partial charge in [-0.1, -0.05) is 18.0 Å². The fraction of sp³-hybridized carbons (Fsp3) is 0.500. The number of rotatable bonds is 3. The van der Waals surface area contributed by atoms with E-state index in [1.54, 1.807) is 0 Å². The van der Waals surface area contributed by atoms with Crippen LogP contribution in [0.4, 0.5) is 0 Å². The zero-order valence-electron chi connectivity index (χ0n) is 10.8. The second-order valence-electron chi connectivity index (χ2n) is 4.40. The lowest BCUT2D eigenvalue weighted by Gasteiger charge is -2.15. The molecule has 0 aliphatic carbocycles. The first-order chi connectivity index (χ1) is 9.60. The molecule has 0 spiro atoms. The number of aromatic nitrogens is 2. The van der Waals surface area contributed by atoms with E-state index in [9.17, 15) is 9.59 Å². The highest BCUT2D eigenvalue weighted by Crippen LogP contribution is 2.31. The average molecular weight is 275 g/mol. The molecule has 0 aromatic carbocycles. The molecule has 104 valence electrons. The third kappa shape index (κ3) is 2.45. The lowest BCUT2D eigenvalue weighted by Crippen LogP contribution is -2.33. The van der Waals surface area contributed by atoms with Crippen molar-refractivity contribution in [2.45, 2.75) is 38.1 Å². The molecule has 1 aromatic heterocycles. The molecule has 1 N–H and O–H groups in total. The minimum atomic E-state index is -0.606. The molecule has 1 aliphatic heterocycles. The van der Waals surface area contributed by atoms with E-state index in [0.717, 1.165) is 0 Å². The van der Waals surface area contributed by atoms with Gasteiger partial charge in [0.05, 0.1) is 12.1 Å². The molecule has 0 bridgehead atoms. The van der Waals surface area contributed by atoms with Crippen LogP contribution in [-0.4, -0.2) is 21.7 Å². The smallest absolute Gasteiger partial charge is 0.330 e. The Morgan fingerprint density at radius 2 is 2.45 bits per heavy atom. The Bertz CT molecular complexity index is 707. The van der Waals surface area contributed by atoms with E-state index in [2.05, 4.69) is 20.9 Å². The van der Waals surface area contributed by atoms with Crippen molar-refractivity contribution in [1.82, 2.24) is 9.55 Å². The van der Waals surface area contributed by atoms with Crippen molar-refractivity contribution < 1.29 is 4.74 Å². The predicted molar refractivity (Wildman–Crippen MR) is 71.0 cm³/mol. The van der Waals surface area contributed by atoms with Gasteiger partial charge in [-0.3, -0.25) is 14.3 Å². The molecule has 1 saturated heterocycles. The Balaban J connectivity index is 2.39. The number of hydrogen-bond donors (Lipinski definition) is 1. The largest absolute Gasteiger partial charge is 0.354 e. The molecule has 1 fully saturated rings. The molecular formula is C12H13N5O3. The average Bonchev–Trinajstić information content (AvgIpc) is 2.82. The molecule has 8 heteroatoms. The maximum Gasteiger partial charge on any atom is 0.330 e. The fourth-order valence-corrected chi connectivity index (χ4v) is 2.24. The van der Waals surface area contributed by atoms with E-state index in [1.807, 2.05) is 6.92 Å². The van der Waals surface area contributed by atoms with E-state index in [0.29, 0.717) is 12.8 Å². The van der Waals surface area contributed by atoms with Crippen LogP contribution in [0.5, 0.6) is 0 Å². The zero-order chi connectivity index (χ0) is 14.7. The number of hydrogen-bond acceptors (Lipinski definition) is 4. The van der Waals surface area contributed by atoms with Crippen LogP contribution in [-0.2, 0) is 4.74 Å². The van der Waals surface area contributed by atoms with E-state index in [-0.39, 0.29) is 17.7 Å². The summed E-state index contributed by atoms with van der Waals surface area (Å²) in [5.74, 6) is 2.21. The summed E-state index contributed by atoms with van der Waals surface area (Å²) in [7, 11) is 0. The van der Waals surface area contributed by atoms with Gasteiger partial charge in [-0.05, 0) is 12.0 Å². The number of aromatic amines is 1. The molecule has 0 saturated carbocycles. The van der Waals surface area contributed by atoms with Gasteiger partial charge < -0.3 is 4.74 Å². The molecule has 2 heterocycles. The first kappa shape index (κ1) is 13.9. The molecule has 0 amide bonds. The SMILES string of the molecule is C#Cc1cn([C@H]2C[C@@H](N=[N+]=[N-])[C@@H](CC)O2)c(=O)[nH]c1=O. The van der Waals surface area contributed by atoms with E-state index < -0.39 is 17.5 Å². The summed E-state index contributed by atoms with van der Waals surface area (Å²) in [6.07, 6.45) is 6.64. The van der Waals surface area contributed by atoms with E-state index in [4.69, 9.17) is 16.7 Å². The summed E-state index contributed by atoms with van der Waals surface area (Å²) in [5, 5.41) is 3.67. The quantitative estimate of drug-likeness (QED) is 0.382. The molecule has 0 radical (unpaired) electrons. The Labute approximate surface area is 114 Å². The van der Waals surface area contributed by atoms with E-state index >= 15 is 0 Å². The van der Waals surface area contributed by atoms with Gasteiger partial charge in [0.1, 0.15) is 11.8 Å². The standard InChI is InChI=1S/C12H13N5O3/c1-3-7-6-17(12(19)14-11(7)18)10-5-8(15-16-13)9(4-2)20-10/h1,6,8-10H,4-5H2,2H3,(H,14,18,19)/t8-,9-,10-/m1/s1. The minimum absolute atomic E-state index is 0.0495. The molecule has 1 aliphatic rings. The van der Waals surface area contributed by atoms with Gasteiger partial charge in [-0.15, -0.1) is 6.42 Å². The van der Waals surface area contributed by atoms with Crippen molar-refractivity contribution in [3.05, 3.63) is 43.0 Å². The number of nitrogens with one attached hydrogen (secondary N) is 1. The predicted octanol–water partition coefficient (Wildman–Crippen LogP) is 0.894. The van der Waals surface area contributed by atoms with Gasteiger partial charge in [0.25, 0.3) is 5.56 Å². The summed E-state index contributed by atoms with van der Waals surface area (Å²) in [6.45, 7) is 1.90. The van der Waals surface area contributed by atoms with Crippen molar-refractivity contribution in [3.8, 4) is 12.3 Å². The summed E-state index contributed by atoms with van der Waals surface area (Å²) in [6, 6.07) is -0.344. The highest BCUT2D eigenvalue weighted by Gasteiger charge is 2.35. The van der Waals surface area contributed by atoms with Crippen LogP contribution in [0, 0.1) is 12.3 Å². The van der Waals surface area contributed by atoms with Crippen LogP contribution in [0.1, 0.15) is 31.6 Å². The Morgan fingerprint density at radius 1 is 1.70 bits per heavy atom. The first-order valence-electron chi connectivity index (χ1n) is 6.12. The van der Waals surface area contributed by atoms with Gasteiger partial charge >= 0.3 is 5.69 Å². The summed E-state index contributed by atoms with van der Waals surface area (Å²) >= 11 is 0. The lowest BCUT2D eigenvalue weighted by molar-refractivity contribution is -0.00411. The van der Waals surface area contributed by atoms with E-state index in [1.165, 1.54) is 10.8 Å². The Kier molecular flexibility index (Phi) is 3.94. The van der Waals surface area contributed by atoms with Crippen LogP contribution in [0.3, 0.4) is 0 Å². The third-order valence-electron chi connectivity index (χ3n) is 3.24. The van der Waals surface area contributed by atoms with Crippen molar-refractivity contribution in [3.63, 3.8) is 0 Å². The number of H-pyrrole nitrogens is 1. The minimum Gasteiger partial charge on any atom is -0.354 e. The molecule has 20 heavy (non-hydrogen) atoms. The van der Waals surface area contributed by atoms with Gasteiger partial charge in [-0.25, -0.2) is 4.79 Å². The van der Waals surface area contributed by atoms with Crippen LogP contribution in [0.15, 0.2) is 20.9 Å². The highest BCUT2D eigenvalue weighted by atomic mass is 16.5. The highest BCUT2D eigenvalue weighted by molar-refractivity contribution is 5.26. The molecule has 3 atom stereocenters. The van der Waals surface area contributed by atoms with Crippen LogP contribution in [0.25, 0.3) is 10.4 Å². The normalized spacial score (nSPS) is 24.9. The zero-order valence-corrected chi connectivity index (χ0v) is 10.8. The maximum atomic E-state index is 11.8. The topological polar surface area (TPSA) is 113 Å². The van der Waals surface area contributed by atoms with Crippen LogP contribution in [0.2, 0.25) is 0 Å². The van der Waals surface area contributed by atoms with Crippen LogP contribution < -0.4 is 11.2 Å². The summed E-state index contributed by atoms with van der Waals surface area (Å²) in [5.41, 5.74) is 7.37. The molecule has 8 nitrogen and oxygen atoms in total. The second-order valence-corrected chi connectivity index (χ2v) is 4.40. The number of ether oxygens (including phenoxy) is 1. The lowest BCUT2D eigenvalue weighted by atomic mass is 10.1. The Morgan fingerprint density at radius 3 is 3.05 bits per heavy atom. The first-order valence-corrected chi connectivity index (χ1v) is 6.12. The number of azide groups is 1. The number of terminal acetylenes is 1. The fourth-order valence-electron chi connectivity index (χ4n) is 2.24. The molecule has 1 aromatic rings. The molecule has 0 unspecified atom stereocenters. The second kappa shape index (κ2) is 5.65. The van der Waals surface area contributed by atoms with Crippen LogP contribution >= 0.6 is 0 Å². The summed E-state index contributed by atoms with van der Waals surface area (Å²) in [4.78, 5) is 28.1.